The lowest BCUT2D eigenvalue weighted by molar-refractivity contribution is 0.126. The number of hydrogen-bond donors (Lipinski definition) is 2. The Labute approximate surface area is 123 Å². The lowest BCUT2D eigenvalue weighted by Gasteiger charge is -2.35. The maximum atomic E-state index is 9.73. The summed E-state index contributed by atoms with van der Waals surface area (Å²) in [5.74, 6) is 0.357. The van der Waals surface area contributed by atoms with Crippen molar-refractivity contribution >= 4 is 0 Å². The number of aliphatic hydroxyl groups excluding tert-OH is 1. The topological polar surface area (TPSA) is 32.3 Å². The second kappa shape index (κ2) is 7.24. The Morgan fingerprint density at radius 2 is 1.80 bits per heavy atom. The van der Waals surface area contributed by atoms with Gasteiger partial charge in [-0.25, -0.2) is 0 Å². The molecule has 0 heterocycles. The van der Waals surface area contributed by atoms with Crippen molar-refractivity contribution in [2.24, 2.45) is 5.41 Å². The van der Waals surface area contributed by atoms with E-state index in [1.165, 1.54) is 37.7 Å². The Bertz CT molecular complexity index is 382. The molecule has 112 valence electrons. The molecule has 1 aliphatic carbocycles. The van der Waals surface area contributed by atoms with Crippen LogP contribution in [0.25, 0.3) is 0 Å². The number of rotatable bonds is 6. The van der Waals surface area contributed by atoms with Gasteiger partial charge in [0.2, 0.25) is 0 Å². The maximum absolute atomic E-state index is 9.73. The molecule has 0 amide bonds. The summed E-state index contributed by atoms with van der Waals surface area (Å²) in [4.78, 5) is 0. The van der Waals surface area contributed by atoms with Gasteiger partial charge in [0, 0.05) is 25.1 Å². The minimum atomic E-state index is -0.0942. The minimum absolute atomic E-state index is 0.0942. The molecule has 2 nitrogen and oxygen atoms in total. The van der Waals surface area contributed by atoms with Crippen LogP contribution in [0.5, 0.6) is 0 Å². The molecule has 1 atom stereocenters. The molecule has 1 saturated carbocycles. The van der Waals surface area contributed by atoms with E-state index in [-0.39, 0.29) is 12.0 Å². The largest absolute Gasteiger partial charge is 0.396 e. The van der Waals surface area contributed by atoms with Gasteiger partial charge in [0.1, 0.15) is 0 Å². The van der Waals surface area contributed by atoms with E-state index in [1.807, 2.05) is 0 Å². The fraction of sp³-hybridized carbons (Fsp3) is 0.667. The van der Waals surface area contributed by atoms with E-state index in [1.54, 1.807) is 0 Å². The summed E-state index contributed by atoms with van der Waals surface area (Å²) in [5, 5.41) is 13.5. The first-order valence-electron chi connectivity index (χ1n) is 8.02. The van der Waals surface area contributed by atoms with Crippen LogP contribution in [0.1, 0.15) is 57.4 Å². The van der Waals surface area contributed by atoms with Crippen LogP contribution in [0.3, 0.4) is 0 Å². The first-order chi connectivity index (χ1) is 9.63. The Morgan fingerprint density at radius 3 is 2.40 bits per heavy atom. The van der Waals surface area contributed by atoms with Crippen LogP contribution in [0, 0.1) is 5.41 Å². The predicted molar refractivity (Wildman–Crippen MR) is 84.9 cm³/mol. The molecule has 2 rings (SSSR count). The average Bonchev–Trinajstić information content (AvgIpc) is 2.49. The van der Waals surface area contributed by atoms with Crippen molar-refractivity contribution in [1.29, 1.82) is 0 Å². The van der Waals surface area contributed by atoms with Crippen LogP contribution >= 0.6 is 0 Å². The van der Waals surface area contributed by atoms with Gasteiger partial charge in [-0.2, -0.15) is 0 Å². The lowest BCUT2D eigenvalue weighted by Crippen LogP contribution is -2.39. The van der Waals surface area contributed by atoms with Crippen molar-refractivity contribution in [3.63, 3.8) is 0 Å². The highest BCUT2D eigenvalue weighted by atomic mass is 16.3. The molecule has 0 bridgehead atoms. The van der Waals surface area contributed by atoms with E-state index in [0.29, 0.717) is 12.0 Å². The molecule has 1 fully saturated rings. The molecule has 1 unspecified atom stereocenters. The summed E-state index contributed by atoms with van der Waals surface area (Å²) in [5.41, 5.74) is 1.23. The molecule has 20 heavy (non-hydrogen) atoms. The maximum Gasteiger partial charge on any atom is 0.0488 e. The molecule has 1 aliphatic rings. The molecule has 1 aromatic carbocycles. The van der Waals surface area contributed by atoms with Gasteiger partial charge in [-0.1, -0.05) is 63.4 Å². The van der Waals surface area contributed by atoms with E-state index in [4.69, 9.17) is 0 Å². The van der Waals surface area contributed by atoms with Gasteiger partial charge in [0.15, 0.2) is 0 Å². The van der Waals surface area contributed by atoms with Gasteiger partial charge in [-0.3, -0.25) is 0 Å². The predicted octanol–water partition coefficient (Wildman–Crippen LogP) is 3.71. The van der Waals surface area contributed by atoms with Crippen molar-refractivity contribution in [3.8, 4) is 0 Å². The third-order valence-electron chi connectivity index (χ3n) is 4.77. The van der Waals surface area contributed by atoms with E-state index >= 15 is 0 Å². The van der Waals surface area contributed by atoms with Crippen LogP contribution in [0.15, 0.2) is 30.3 Å². The fourth-order valence-electron chi connectivity index (χ4n) is 3.23. The second-order valence-electron chi connectivity index (χ2n) is 6.85. The Balaban J connectivity index is 2.03. The van der Waals surface area contributed by atoms with E-state index < -0.39 is 0 Å². The zero-order chi connectivity index (χ0) is 14.4. The summed E-state index contributed by atoms with van der Waals surface area (Å²) in [6.45, 7) is 5.50. The highest BCUT2D eigenvalue weighted by Gasteiger charge is 2.30. The number of aliphatic hydroxyl groups is 1. The lowest BCUT2D eigenvalue weighted by atomic mass is 9.75. The van der Waals surface area contributed by atoms with E-state index in [0.717, 1.165) is 6.54 Å². The van der Waals surface area contributed by atoms with Crippen LogP contribution in [-0.2, 0) is 0 Å². The first kappa shape index (κ1) is 15.5. The Morgan fingerprint density at radius 1 is 1.15 bits per heavy atom. The van der Waals surface area contributed by atoms with Gasteiger partial charge in [-0.05, 0) is 23.8 Å². The summed E-state index contributed by atoms with van der Waals surface area (Å²) in [7, 11) is 0. The van der Waals surface area contributed by atoms with Crippen LogP contribution in [0.2, 0.25) is 0 Å². The van der Waals surface area contributed by atoms with Gasteiger partial charge in [0.25, 0.3) is 0 Å². The molecule has 0 aliphatic heterocycles. The molecule has 2 heteroatoms. The third-order valence-corrected chi connectivity index (χ3v) is 4.77. The smallest absolute Gasteiger partial charge is 0.0488 e. The number of hydrogen-bond acceptors (Lipinski definition) is 2. The van der Waals surface area contributed by atoms with Crippen molar-refractivity contribution in [2.45, 2.75) is 57.9 Å². The normalized spacial score (nSPS) is 18.9. The second-order valence-corrected chi connectivity index (χ2v) is 6.85. The van der Waals surface area contributed by atoms with Gasteiger partial charge < -0.3 is 10.4 Å². The quantitative estimate of drug-likeness (QED) is 0.829. The van der Waals surface area contributed by atoms with Crippen molar-refractivity contribution < 1.29 is 5.11 Å². The van der Waals surface area contributed by atoms with Crippen molar-refractivity contribution in [2.75, 3.05) is 13.2 Å². The summed E-state index contributed by atoms with van der Waals surface area (Å²) < 4.78 is 0. The van der Waals surface area contributed by atoms with Crippen molar-refractivity contribution in [3.05, 3.63) is 35.9 Å². The summed E-state index contributed by atoms with van der Waals surface area (Å²) in [6, 6.07) is 11.3. The number of benzene rings is 1. The van der Waals surface area contributed by atoms with Gasteiger partial charge >= 0.3 is 0 Å². The molecule has 1 aromatic rings. The molecular weight excluding hydrogens is 246 g/mol. The Kier molecular flexibility index (Phi) is 5.62. The fourth-order valence-corrected chi connectivity index (χ4v) is 3.23. The molecule has 2 N–H and O–H groups in total. The standard InChI is InChI=1S/C18H29NO/c1-18(2,14-20)17(15-9-5-3-6-10-15)13-19-16-11-7-4-8-12-16/h3,5-6,9-10,16-17,19-20H,4,7-8,11-14H2,1-2H3. The minimum Gasteiger partial charge on any atom is -0.396 e. The van der Waals surface area contributed by atoms with Crippen LogP contribution < -0.4 is 5.32 Å². The zero-order valence-corrected chi connectivity index (χ0v) is 12.9. The van der Waals surface area contributed by atoms with Crippen molar-refractivity contribution in [1.82, 2.24) is 5.32 Å². The molecule has 0 saturated heterocycles. The zero-order valence-electron chi connectivity index (χ0n) is 12.9. The summed E-state index contributed by atoms with van der Waals surface area (Å²) in [6.07, 6.45) is 6.72. The highest BCUT2D eigenvalue weighted by molar-refractivity contribution is 5.22. The highest BCUT2D eigenvalue weighted by Crippen LogP contribution is 2.35. The van der Waals surface area contributed by atoms with Gasteiger partial charge in [-0.15, -0.1) is 0 Å². The van der Waals surface area contributed by atoms with E-state index in [9.17, 15) is 5.11 Å². The SMILES string of the molecule is CC(C)(CO)C(CNC1CCCCC1)c1ccccc1. The molecular formula is C18H29NO. The molecule has 0 radical (unpaired) electrons. The Hall–Kier alpha value is -0.860. The van der Waals surface area contributed by atoms with Crippen LogP contribution in [0.4, 0.5) is 0 Å². The average molecular weight is 275 g/mol. The molecule has 0 aromatic heterocycles. The van der Waals surface area contributed by atoms with Gasteiger partial charge in [0.05, 0.1) is 0 Å². The number of nitrogens with one attached hydrogen (secondary N) is 1. The monoisotopic (exact) mass is 275 g/mol. The third kappa shape index (κ3) is 4.07. The molecule has 0 spiro atoms. The van der Waals surface area contributed by atoms with Crippen LogP contribution in [-0.4, -0.2) is 24.3 Å². The first-order valence-corrected chi connectivity index (χ1v) is 8.02. The van der Waals surface area contributed by atoms with E-state index in [2.05, 4.69) is 49.5 Å². The summed E-state index contributed by atoms with van der Waals surface area (Å²) >= 11 is 0.